The summed E-state index contributed by atoms with van der Waals surface area (Å²) < 4.78 is 1.51. The van der Waals surface area contributed by atoms with Crippen molar-refractivity contribution in [2.75, 3.05) is 24.2 Å². The smallest absolute Gasteiger partial charge is 0.262 e. The molecule has 0 unspecified atom stereocenters. The number of nitrogens with zero attached hydrogens (tertiary/aromatic N) is 3. The summed E-state index contributed by atoms with van der Waals surface area (Å²) >= 11 is 1.19. The highest BCUT2D eigenvalue weighted by molar-refractivity contribution is 7.99. The van der Waals surface area contributed by atoms with Crippen molar-refractivity contribution in [2.24, 2.45) is 0 Å². The minimum Gasteiger partial charge on any atom is -0.339 e. The van der Waals surface area contributed by atoms with Gasteiger partial charge in [0.1, 0.15) is 0 Å². The van der Waals surface area contributed by atoms with E-state index in [2.05, 4.69) is 16.9 Å². The summed E-state index contributed by atoms with van der Waals surface area (Å²) in [6.45, 7) is 9.18. The second-order valence-corrected chi connectivity index (χ2v) is 7.95. The molecule has 0 radical (unpaired) electrons. The SMILES string of the molecule is C=CCn1c(SCC(=O)Nc2ccc(C(=O)N(CC)CC)cc2)nc2ccccc2c1=O. The zero-order chi connectivity index (χ0) is 23.1. The van der Waals surface area contributed by atoms with Gasteiger partial charge in [-0.15, -0.1) is 6.58 Å². The van der Waals surface area contributed by atoms with Crippen LogP contribution in [-0.2, 0) is 11.3 Å². The minimum atomic E-state index is -0.231. The summed E-state index contributed by atoms with van der Waals surface area (Å²) in [5.41, 5.74) is 1.61. The maximum absolute atomic E-state index is 12.8. The molecule has 0 fully saturated rings. The number of hydrogen-bond donors (Lipinski definition) is 1. The Bertz CT molecular complexity index is 1180. The molecule has 0 aliphatic rings. The molecular formula is C24H26N4O3S. The van der Waals surface area contributed by atoms with Crippen molar-refractivity contribution in [3.8, 4) is 0 Å². The molecule has 32 heavy (non-hydrogen) atoms. The van der Waals surface area contributed by atoms with E-state index in [0.29, 0.717) is 46.9 Å². The molecule has 1 N–H and O–H groups in total. The predicted molar refractivity (Wildman–Crippen MR) is 129 cm³/mol. The zero-order valence-electron chi connectivity index (χ0n) is 18.2. The molecule has 2 aromatic carbocycles. The Labute approximate surface area is 191 Å². The van der Waals surface area contributed by atoms with Crippen LogP contribution in [0.3, 0.4) is 0 Å². The third-order valence-corrected chi connectivity index (χ3v) is 5.91. The predicted octanol–water partition coefficient (Wildman–Crippen LogP) is 3.80. The molecule has 0 spiro atoms. The van der Waals surface area contributed by atoms with E-state index in [4.69, 9.17) is 0 Å². The average Bonchev–Trinajstić information content (AvgIpc) is 2.81. The van der Waals surface area contributed by atoms with Crippen molar-refractivity contribution in [2.45, 2.75) is 25.5 Å². The summed E-state index contributed by atoms with van der Waals surface area (Å²) in [6, 6.07) is 14.0. The zero-order valence-corrected chi connectivity index (χ0v) is 19.0. The number of hydrogen-bond acceptors (Lipinski definition) is 5. The van der Waals surface area contributed by atoms with Crippen molar-refractivity contribution in [3.63, 3.8) is 0 Å². The van der Waals surface area contributed by atoms with E-state index in [1.54, 1.807) is 53.4 Å². The molecule has 3 aromatic rings. The number of rotatable bonds is 9. The Balaban J connectivity index is 1.69. The van der Waals surface area contributed by atoms with Crippen LogP contribution in [0.15, 0.2) is 71.1 Å². The van der Waals surface area contributed by atoms with Gasteiger partial charge in [-0.25, -0.2) is 4.98 Å². The quantitative estimate of drug-likeness (QED) is 0.305. The van der Waals surface area contributed by atoms with E-state index in [-0.39, 0.29) is 23.1 Å². The molecular weight excluding hydrogens is 424 g/mol. The normalized spacial score (nSPS) is 10.7. The molecule has 0 aliphatic carbocycles. The first-order valence-electron chi connectivity index (χ1n) is 10.4. The van der Waals surface area contributed by atoms with E-state index >= 15 is 0 Å². The number of allylic oxidation sites excluding steroid dienone is 1. The highest BCUT2D eigenvalue weighted by atomic mass is 32.2. The number of benzene rings is 2. The Morgan fingerprint density at radius 3 is 2.47 bits per heavy atom. The molecule has 3 rings (SSSR count). The molecule has 0 aliphatic heterocycles. The lowest BCUT2D eigenvalue weighted by Crippen LogP contribution is -2.30. The van der Waals surface area contributed by atoms with Gasteiger partial charge >= 0.3 is 0 Å². The van der Waals surface area contributed by atoms with E-state index in [1.165, 1.54) is 16.3 Å². The van der Waals surface area contributed by atoms with Crippen LogP contribution in [0.1, 0.15) is 24.2 Å². The number of fused-ring (bicyclic) bond motifs is 1. The standard InChI is InChI=1S/C24H26N4O3S/c1-4-15-28-23(31)19-9-7-8-10-20(19)26-24(28)32-16-21(29)25-18-13-11-17(12-14-18)22(30)27(5-2)6-3/h4,7-14H,1,5-6,15-16H2,2-3H3,(H,25,29). The van der Waals surface area contributed by atoms with Crippen LogP contribution in [0.4, 0.5) is 5.69 Å². The fourth-order valence-electron chi connectivity index (χ4n) is 3.26. The molecule has 8 heteroatoms. The fraction of sp³-hybridized carbons (Fsp3) is 0.250. The third-order valence-electron chi connectivity index (χ3n) is 4.94. The van der Waals surface area contributed by atoms with Gasteiger partial charge in [0.15, 0.2) is 5.16 Å². The summed E-state index contributed by atoms with van der Waals surface area (Å²) in [5.74, 6) is -0.182. The number of amides is 2. The van der Waals surface area contributed by atoms with Crippen LogP contribution >= 0.6 is 11.8 Å². The number of nitrogens with one attached hydrogen (secondary N) is 1. The topological polar surface area (TPSA) is 84.3 Å². The summed E-state index contributed by atoms with van der Waals surface area (Å²) in [7, 11) is 0. The molecule has 1 heterocycles. The molecule has 0 atom stereocenters. The Morgan fingerprint density at radius 2 is 1.81 bits per heavy atom. The molecule has 7 nitrogen and oxygen atoms in total. The first-order chi connectivity index (χ1) is 15.5. The van der Waals surface area contributed by atoms with Gasteiger partial charge in [-0.3, -0.25) is 19.0 Å². The summed E-state index contributed by atoms with van der Waals surface area (Å²) in [4.78, 5) is 44.0. The highest BCUT2D eigenvalue weighted by Gasteiger charge is 2.14. The number of carbonyl (C=O) groups is 2. The fourth-order valence-corrected chi connectivity index (χ4v) is 4.07. The van der Waals surface area contributed by atoms with Crippen LogP contribution in [-0.4, -0.2) is 45.1 Å². The Kier molecular flexibility index (Phi) is 7.83. The highest BCUT2D eigenvalue weighted by Crippen LogP contribution is 2.19. The lowest BCUT2D eigenvalue weighted by atomic mass is 10.2. The molecule has 0 saturated heterocycles. The van der Waals surface area contributed by atoms with Gasteiger partial charge in [0, 0.05) is 30.9 Å². The third kappa shape index (κ3) is 5.26. The Morgan fingerprint density at radius 1 is 1.12 bits per heavy atom. The van der Waals surface area contributed by atoms with Gasteiger partial charge in [0.2, 0.25) is 5.91 Å². The average molecular weight is 451 g/mol. The summed E-state index contributed by atoms with van der Waals surface area (Å²) in [5, 5.41) is 3.81. The van der Waals surface area contributed by atoms with E-state index in [9.17, 15) is 14.4 Å². The minimum absolute atomic E-state index is 0.0361. The first kappa shape index (κ1) is 23.3. The molecule has 0 bridgehead atoms. The Hall–Kier alpha value is -3.39. The van der Waals surface area contributed by atoms with E-state index < -0.39 is 0 Å². The van der Waals surface area contributed by atoms with Gasteiger partial charge in [-0.2, -0.15) is 0 Å². The maximum Gasteiger partial charge on any atom is 0.262 e. The van der Waals surface area contributed by atoms with Crippen molar-refractivity contribution < 1.29 is 9.59 Å². The second-order valence-electron chi connectivity index (χ2n) is 7.01. The lowest BCUT2D eigenvalue weighted by molar-refractivity contribution is -0.113. The molecule has 1 aromatic heterocycles. The van der Waals surface area contributed by atoms with Crippen LogP contribution in [0.25, 0.3) is 10.9 Å². The number of para-hydroxylation sites is 1. The van der Waals surface area contributed by atoms with Crippen LogP contribution in [0.2, 0.25) is 0 Å². The van der Waals surface area contributed by atoms with Crippen LogP contribution in [0.5, 0.6) is 0 Å². The van der Waals surface area contributed by atoms with Crippen molar-refractivity contribution in [1.29, 1.82) is 0 Å². The van der Waals surface area contributed by atoms with Gasteiger partial charge < -0.3 is 10.2 Å². The molecule has 166 valence electrons. The molecule has 0 saturated carbocycles. The number of thioether (sulfide) groups is 1. The second kappa shape index (κ2) is 10.8. The largest absolute Gasteiger partial charge is 0.339 e. The first-order valence-corrected chi connectivity index (χ1v) is 11.4. The van der Waals surface area contributed by atoms with Gasteiger partial charge in [0.25, 0.3) is 11.5 Å². The van der Waals surface area contributed by atoms with Crippen molar-refractivity contribution in [1.82, 2.24) is 14.5 Å². The molecule has 2 amide bonds. The monoisotopic (exact) mass is 450 g/mol. The number of carbonyl (C=O) groups excluding carboxylic acids is 2. The van der Waals surface area contributed by atoms with Crippen molar-refractivity contribution in [3.05, 3.63) is 77.1 Å². The maximum atomic E-state index is 12.8. The lowest BCUT2D eigenvalue weighted by Gasteiger charge is -2.18. The van der Waals surface area contributed by atoms with Crippen LogP contribution in [0, 0.1) is 0 Å². The number of aromatic nitrogens is 2. The van der Waals surface area contributed by atoms with Gasteiger partial charge in [-0.1, -0.05) is 30.0 Å². The van der Waals surface area contributed by atoms with Gasteiger partial charge in [-0.05, 0) is 50.2 Å². The summed E-state index contributed by atoms with van der Waals surface area (Å²) in [6.07, 6.45) is 1.63. The van der Waals surface area contributed by atoms with Crippen molar-refractivity contribution >= 4 is 40.2 Å². The van der Waals surface area contributed by atoms with E-state index in [1.807, 2.05) is 19.9 Å². The number of anilines is 1. The van der Waals surface area contributed by atoms with Gasteiger partial charge in [0.05, 0.1) is 16.7 Å². The van der Waals surface area contributed by atoms with Crippen LogP contribution < -0.4 is 10.9 Å². The van der Waals surface area contributed by atoms with E-state index in [0.717, 1.165) is 0 Å².